The van der Waals surface area contributed by atoms with E-state index in [1.165, 1.54) is 6.07 Å². The zero-order valence-electron chi connectivity index (χ0n) is 12.3. The number of alkyl halides is 3. The number of piperidine rings is 1. The molecule has 0 aromatic heterocycles. The fraction of sp³-hybridized carbons (Fsp3) is 0.533. The van der Waals surface area contributed by atoms with Crippen molar-refractivity contribution in [3.8, 4) is 5.75 Å². The summed E-state index contributed by atoms with van der Waals surface area (Å²) < 4.78 is 41.4. The van der Waals surface area contributed by atoms with Crippen LogP contribution in [0.1, 0.15) is 24.8 Å². The summed E-state index contributed by atoms with van der Waals surface area (Å²) >= 11 is 0. The van der Waals surface area contributed by atoms with Crippen molar-refractivity contribution in [2.45, 2.75) is 38.4 Å². The van der Waals surface area contributed by atoms with Crippen LogP contribution >= 0.6 is 0 Å². The summed E-state index contributed by atoms with van der Waals surface area (Å²) in [6, 6.07) is 4.40. The van der Waals surface area contributed by atoms with Gasteiger partial charge in [0.25, 0.3) is 0 Å². The summed E-state index contributed by atoms with van der Waals surface area (Å²) in [5.74, 6) is -0.0532. The number of rotatable bonds is 4. The molecule has 7 heteroatoms. The third kappa shape index (κ3) is 4.62. The van der Waals surface area contributed by atoms with Crippen molar-refractivity contribution >= 4 is 11.6 Å². The highest BCUT2D eigenvalue weighted by atomic mass is 19.4. The van der Waals surface area contributed by atoms with Crippen LogP contribution in [0.2, 0.25) is 0 Å². The lowest BCUT2D eigenvalue weighted by molar-refractivity contribution is -0.153. The number of anilines is 1. The summed E-state index contributed by atoms with van der Waals surface area (Å²) in [7, 11) is 0. The molecule has 0 aliphatic carbocycles. The number of benzene rings is 1. The molecule has 0 radical (unpaired) electrons. The minimum Gasteiger partial charge on any atom is -0.484 e. The molecule has 1 aliphatic heterocycles. The maximum Gasteiger partial charge on any atom is 0.422 e. The normalized spacial score (nSPS) is 18.8. The lowest BCUT2D eigenvalue weighted by atomic mass is 10.0. The van der Waals surface area contributed by atoms with Gasteiger partial charge in [0.15, 0.2) is 6.61 Å². The topological polar surface area (TPSA) is 50.4 Å². The summed E-state index contributed by atoms with van der Waals surface area (Å²) in [5.41, 5.74) is 0.952. The van der Waals surface area contributed by atoms with Gasteiger partial charge in [0.2, 0.25) is 5.91 Å². The number of nitrogens with one attached hydrogen (secondary N) is 2. The van der Waals surface area contributed by atoms with Crippen molar-refractivity contribution in [2.24, 2.45) is 0 Å². The monoisotopic (exact) mass is 316 g/mol. The van der Waals surface area contributed by atoms with Gasteiger partial charge < -0.3 is 15.4 Å². The van der Waals surface area contributed by atoms with E-state index in [0.29, 0.717) is 11.3 Å². The van der Waals surface area contributed by atoms with Crippen LogP contribution in [0.15, 0.2) is 18.2 Å². The molecule has 0 spiro atoms. The Morgan fingerprint density at radius 1 is 1.41 bits per heavy atom. The minimum absolute atomic E-state index is 0.117. The quantitative estimate of drug-likeness (QED) is 0.898. The molecule has 0 unspecified atom stereocenters. The average molecular weight is 316 g/mol. The molecule has 22 heavy (non-hydrogen) atoms. The number of hydrogen-bond donors (Lipinski definition) is 2. The Morgan fingerprint density at radius 2 is 2.18 bits per heavy atom. The lowest BCUT2D eigenvalue weighted by Gasteiger charge is -2.23. The first-order valence-electron chi connectivity index (χ1n) is 7.20. The van der Waals surface area contributed by atoms with Gasteiger partial charge >= 0.3 is 6.18 Å². The Kier molecular flexibility index (Phi) is 5.28. The third-order valence-corrected chi connectivity index (χ3v) is 3.56. The molecule has 1 heterocycles. The number of ether oxygens (including phenoxy) is 1. The van der Waals surface area contributed by atoms with E-state index in [9.17, 15) is 18.0 Å². The van der Waals surface area contributed by atoms with E-state index >= 15 is 0 Å². The van der Waals surface area contributed by atoms with Gasteiger partial charge in [0.1, 0.15) is 5.75 Å². The third-order valence-electron chi connectivity index (χ3n) is 3.56. The Balaban J connectivity index is 2.03. The van der Waals surface area contributed by atoms with E-state index in [-0.39, 0.29) is 17.7 Å². The molecule has 0 bridgehead atoms. The van der Waals surface area contributed by atoms with Crippen LogP contribution in [-0.2, 0) is 4.79 Å². The van der Waals surface area contributed by atoms with Crippen molar-refractivity contribution in [2.75, 3.05) is 18.5 Å². The molecule has 1 aliphatic rings. The predicted octanol–water partition coefficient (Wildman–Crippen LogP) is 3.02. The lowest BCUT2D eigenvalue weighted by Crippen LogP contribution is -2.43. The van der Waals surface area contributed by atoms with Crippen molar-refractivity contribution in [3.63, 3.8) is 0 Å². The highest BCUT2D eigenvalue weighted by Crippen LogP contribution is 2.27. The first-order chi connectivity index (χ1) is 10.4. The Labute approximate surface area is 127 Å². The van der Waals surface area contributed by atoms with Gasteiger partial charge in [-0.15, -0.1) is 0 Å². The maximum atomic E-state index is 12.2. The SMILES string of the molecule is Cc1c(NC(=O)[C@@H]2CCCCN2)cccc1OCC(F)(F)F. The Bertz CT molecular complexity index is 526. The van der Waals surface area contributed by atoms with E-state index in [4.69, 9.17) is 4.74 Å². The molecular weight excluding hydrogens is 297 g/mol. The predicted molar refractivity (Wildman–Crippen MR) is 77.0 cm³/mol. The van der Waals surface area contributed by atoms with Crippen molar-refractivity contribution in [1.82, 2.24) is 5.32 Å². The first kappa shape index (κ1) is 16.6. The van der Waals surface area contributed by atoms with Crippen LogP contribution in [0.4, 0.5) is 18.9 Å². The average Bonchev–Trinajstić information content (AvgIpc) is 2.48. The van der Waals surface area contributed by atoms with Crippen molar-refractivity contribution in [1.29, 1.82) is 0 Å². The molecule has 4 nitrogen and oxygen atoms in total. The van der Waals surface area contributed by atoms with Gasteiger partial charge in [-0.05, 0) is 38.4 Å². The summed E-state index contributed by atoms with van der Waals surface area (Å²) in [6.45, 7) is 1.07. The van der Waals surface area contributed by atoms with E-state index < -0.39 is 12.8 Å². The van der Waals surface area contributed by atoms with Crippen LogP contribution in [0.3, 0.4) is 0 Å². The Morgan fingerprint density at radius 3 is 2.82 bits per heavy atom. The molecule has 2 N–H and O–H groups in total. The first-order valence-corrected chi connectivity index (χ1v) is 7.20. The summed E-state index contributed by atoms with van der Waals surface area (Å²) in [6.07, 6.45) is -1.60. The van der Waals surface area contributed by atoms with Gasteiger partial charge in [0.05, 0.1) is 6.04 Å². The van der Waals surface area contributed by atoms with Gasteiger partial charge in [-0.1, -0.05) is 12.5 Å². The molecule has 122 valence electrons. The van der Waals surface area contributed by atoms with Crippen LogP contribution in [0, 0.1) is 6.92 Å². The molecule has 2 rings (SSSR count). The number of amides is 1. The number of carbonyl (C=O) groups excluding carboxylic acids is 1. The highest BCUT2D eigenvalue weighted by molar-refractivity contribution is 5.95. The minimum atomic E-state index is -4.39. The molecule has 1 fully saturated rings. The van der Waals surface area contributed by atoms with E-state index in [0.717, 1.165) is 25.8 Å². The molecular formula is C15H19F3N2O2. The number of hydrogen-bond acceptors (Lipinski definition) is 3. The van der Waals surface area contributed by atoms with Crippen LogP contribution in [-0.4, -0.2) is 31.3 Å². The zero-order chi connectivity index (χ0) is 16.2. The maximum absolute atomic E-state index is 12.2. The Hall–Kier alpha value is -1.76. The van der Waals surface area contributed by atoms with E-state index in [1.54, 1.807) is 19.1 Å². The van der Waals surface area contributed by atoms with Crippen molar-refractivity contribution < 1.29 is 22.7 Å². The molecule has 0 saturated carbocycles. The zero-order valence-corrected chi connectivity index (χ0v) is 12.3. The number of carbonyl (C=O) groups is 1. The van der Waals surface area contributed by atoms with Crippen LogP contribution in [0.25, 0.3) is 0 Å². The van der Waals surface area contributed by atoms with Gasteiger partial charge in [-0.2, -0.15) is 13.2 Å². The summed E-state index contributed by atoms with van der Waals surface area (Å²) in [5, 5.41) is 5.88. The summed E-state index contributed by atoms with van der Waals surface area (Å²) in [4.78, 5) is 12.2. The van der Waals surface area contributed by atoms with Gasteiger partial charge in [-0.3, -0.25) is 4.79 Å². The van der Waals surface area contributed by atoms with Gasteiger partial charge in [0, 0.05) is 11.3 Å². The molecule has 1 aromatic carbocycles. The number of halogens is 3. The fourth-order valence-corrected chi connectivity index (χ4v) is 2.36. The molecule has 1 atom stereocenters. The standard InChI is InChI=1S/C15H19F3N2O2/c1-10-11(20-14(21)12-5-2-3-8-19-12)6-4-7-13(10)22-9-15(16,17)18/h4,6-7,12,19H,2-3,5,8-9H2,1H3,(H,20,21)/t12-/m0/s1. The largest absolute Gasteiger partial charge is 0.484 e. The van der Waals surface area contributed by atoms with E-state index in [1.807, 2.05) is 0 Å². The molecule has 1 saturated heterocycles. The second kappa shape index (κ2) is 7.00. The second-order valence-electron chi connectivity index (χ2n) is 5.32. The smallest absolute Gasteiger partial charge is 0.422 e. The van der Waals surface area contributed by atoms with Gasteiger partial charge in [-0.25, -0.2) is 0 Å². The second-order valence-corrected chi connectivity index (χ2v) is 5.32. The van der Waals surface area contributed by atoms with E-state index in [2.05, 4.69) is 10.6 Å². The van der Waals surface area contributed by atoms with Crippen LogP contribution < -0.4 is 15.4 Å². The molecule has 1 aromatic rings. The molecule has 1 amide bonds. The van der Waals surface area contributed by atoms with Crippen LogP contribution in [0.5, 0.6) is 5.75 Å². The fourth-order valence-electron chi connectivity index (χ4n) is 2.36. The highest BCUT2D eigenvalue weighted by Gasteiger charge is 2.29. The van der Waals surface area contributed by atoms with Crippen molar-refractivity contribution in [3.05, 3.63) is 23.8 Å².